The fraction of sp³-hybridized carbons (Fsp3) is 0.667. The first-order chi connectivity index (χ1) is 3.29. The molecule has 0 bridgehead atoms. The van der Waals surface area contributed by atoms with Gasteiger partial charge in [-0.05, 0) is 0 Å². The average Bonchev–Trinajstić information content (AvgIpc) is 1.87. The van der Waals surface area contributed by atoms with Gasteiger partial charge in [0.05, 0.1) is 6.67 Å². The smallest absolute Gasteiger partial charge is 0.237 e. The molecule has 4 nitrogen and oxygen atoms in total. The van der Waals surface area contributed by atoms with E-state index in [1.54, 1.807) is 0 Å². The van der Waals surface area contributed by atoms with Gasteiger partial charge in [-0.1, -0.05) is 0 Å². The van der Waals surface area contributed by atoms with Gasteiger partial charge in [0, 0.05) is 0 Å². The molecular weight excluding hydrogens is 96.0 g/mol. The molecule has 0 aromatic rings. The molecule has 0 aromatic heterocycles. The van der Waals surface area contributed by atoms with Crippen molar-refractivity contribution >= 4 is 5.91 Å². The number of hydroxylamine groups is 2. The zero-order valence-electron chi connectivity index (χ0n) is 3.72. The molecule has 40 valence electrons. The third kappa shape index (κ3) is 0.880. The summed E-state index contributed by atoms with van der Waals surface area (Å²) in [7, 11) is 0. The van der Waals surface area contributed by atoms with E-state index in [0.29, 0.717) is 0 Å². The zero-order chi connectivity index (χ0) is 5.28. The van der Waals surface area contributed by atoms with Gasteiger partial charge in [0.2, 0.25) is 5.91 Å². The highest BCUT2D eigenvalue weighted by Gasteiger charge is 2.14. The van der Waals surface area contributed by atoms with Crippen molar-refractivity contribution in [2.24, 2.45) is 0 Å². The van der Waals surface area contributed by atoms with Gasteiger partial charge in [0.15, 0.2) is 0 Å². The quantitative estimate of drug-likeness (QED) is 0.402. The fourth-order valence-corrected chi connectivity index (χ4v) is 0.457. The Labute approximate surface area is 40.7 Å². The molecule has 7 heavy (non-hydrogen) atoms. The number of carbonyl (C=O) groups excluding carboxylic acids is 1. The van der Waals surface area contributed by atoms with Crippen LogP contribution in [-0.4, -0.2) is 29.4 Å². The van der Waals surface area contributed by atoms with Crippen LogP contribution < -0.4 is 5.32 Å². The molecule has 1 aliphatic heterocycles. The van der Waals surface area contributed by atoms with Gasteiger partial charge in [0.25, 0.3) is 0 Å². The van der Waals surface area contributed by atoms with Crippen LogP contribution in [0.1, 0.15) is 0 Å². The minimum absolute atomic E-state index is 0.111. The van der Waals surface area contributed by atoms with Crippen molar-refractivity contribution in [3.8, 4) is 0 Å². The minimum atomic E-state index is -0.123. The largest absolute Gasteiger partial charge is 0.340 e. The highest BCUT2D eigenvalue weighted by Crippen LogP contribution is 1.84. The number of carbonyl (C=O) groups is 1. The summed E-state index contributed by atoms with van der Waals surface area (Å²) in [6.07, 6.45) is 0. The van der Waals surface area contributed by atoms with Crippen LogP contribution in [0.4, 0.5) is 0 Å². The highest BCUT2D eigenvalue weighted by atomic mass is 16.5. The lowest BCUT2D eigenvalue weighted by Crippen LogP contribution is -2.16. The van der Waals surface area contributed by atoms with Crippen LogP contribution in [0, 0.1) is 0 Å². The van der Waals surface area contributed by atoms with Gasteiger partial charge in [0.1, 0.15) is 6.54 Å². The third-order valence-electron chi connectivity index (χ3n) is 0.785. The van der Waals surface area contributed by atoms with Gasteiger partial charge in [-0.3, -0.25) is 4.79 Å². The molecule has 1 amide bonds. The number of amides is 1. The van der Waals surface area contributed by atoms with Crippen molar-refractivity contribution in [1.82, 2.24) is 10.4 Å². The molecule has 0 aliphatic carbocycles. The van der Waals surface area contributed by atoms with Crippen molar-refractivity contribution in [2.45, 2.75) is 0 Å². The third-order valence-corrected chi connectivity index (χ3v) is 0.785. The number of rotatable bonds is 0. The van der Waals surface area contributed by atoms with E-state index < -0.39 is 0 Å². The summed E-state index contributed by atoms with van der Waals surface area (Å²) in [6, 6.07) is 0. The summed E-state index contributed by atoms with van der Waals surface area (Å²) in [5, 5.41) is 11.8. The lowest BCUT2D eigenvalue weighted by atomic mass is 10.7. The molecule has 0 atom stereocenters. The van der Waals surface area contributed by atoms with Crippen molar-refractivity contribution in [2.75, 3.05) is 13.2 Å². The molecule has 0 spiro atoms. The number of nitrogens with one attached hydrogen (secondary N) is 1. The summed E-state index contributed by atoms with van der Waals surface area (Å²) < 4.78 is 0. The van der Waals surface area contributed by atoms with E-state index in [2.05, 4.69) is 5.32 Å². The number of nitrogens with zero attached hydrogens (tertiary/aromatic N) is 1. The van der Waals surface area contributed by atoms with Crippen molar-refractivity contribution < 1.29 is 10.0 Å². The monoisotopic (exact) mass is 102 g/mol. The van der Waals surface area contributed by atoms with Crippen LogP contribution >= 0.6 is 0 Å². The Kier molecular flexibility index (Phi) is 0.958. The number of hydrogen-bond acceptors (Lipinski definition) is 3. The zero-order valence-corrected chi connectivity index (χ0v) is 3.72. The Bertz CT molecular complexity index is 92.9. The first-order valence-corrected chi connectivity index (χ1v) is 1.99. The van der Waals surface area contributed by atoms with E-state index in [4.69, 9.17) is 5.21 Å². The van der Waals surface area contributed by atoms with Gasteiger partial charge < -0.3 is 10.5 Å². The highest BCUT2D eigenvalue weighted by molar-refractivity contribution is 5.79. The van der Waals surface area contributed by atoms with Crippen LogP contribution in [0.3, 0.4) is 0 Å². The second-order valence-electron chi connectivity index (χ2n) is 1.42. The Hall–Kier alpha value is -0.610. The van der Waals surface area contributed by atoms with Gasteiger partial charge >= 0.3 is 0 Å². The van der Waals surface area contributed by atoms with Crippen molar-refractivity contribution in [3.05, 3.63) is 0 Å². The summed E-state index contributed by atoms with van der Waals surface area (Å²) in [5.41, 5.74) is 0. The maximum atomic E-state index is 10.1. The molecule has 1 fully saturated rings. The first kappa shape index (κ1) is 4.55. The molecule has 0 saturated carbocycles. The second kappa shape index (κ2) is 1.48. The molecule has 1 rings (SSSR count). The van der Waals surface area contributed by atoms with Gasteiger partial charge in [-0.2, -0.15) is 5.06 Å². The van der Waals surface area contributed by atoms with E-state index in [1.165, 1.54) is 0 Å². The molecule has 1 aliphatic rings. The fourth-order valence-electron chi connectivity index (χ4n) is 0.457. The van der Waals surface area contributed by atoms with Crippen LogP contribution in [-0.2, 0) is 4.79 Å². The number of hydrogen-bond donors (Lipinski definition) is 2. The molecule has 2 N–H and O–H groups in total. The van der Waals surface area contributed by atoms with Crippen molar-refractivity contribution in [1.29, 1.82) is 0 Å². The summed E-state index contributed by atoms with van der Waals surface area (Å²) in [5.74, 6) is -0.123. The molecule has 0 radical (unpaired) electrons. The van der Waals surface area contributed by atoms with Gasteiger partial charge in [-0.25, -0.2) is 0 Å². The van der Waals surface area contributed by atoms with E-state index in [0.717, 1.165) is 5.06 Å². The first-order valence-electron chi connectivity index (χ1n) is 1.99. The summed E-state index contributed by atoms with van der Waals surface area (Å²) >= 11 is 0. The van der Waals surface area contributed by atoms with Crippen LogP contribution in [0.25, 0.3) is 0 Å². The summed E-state index contributed by atoms with van der Waals surface area (Å²) in [6.45, 7) is 0.374. The van der Waals surface area contributed by atoms with E-state index >= 15 is 0 Å². The van der Waals surface area contributed by atoms with Crippen molar-refractivity contribution in [3.63, 3.8) is 0 Å². The van der Waals surface area contributed by atoms with Crippen LogP contribution in [0.5, 0.6) is 0 Å². The molecular formula is C3H6N2O2. The molecule has 1 saturated heterocycles. The standard InChI is InChI=1S/C3H6N2O2/c6-3-1-5(7)2-4-3/h7H,1-2H2,(H,4,6). The van der Waals surface area contributed by atoms with Gasteiger partial charge in [-0.15, -0.1) is 0 Å². The lowest BCUT2D eigenvalue weighted by Gasteiger charge is -1.96. The maximum Gasteiger partial charge on any atom is 0.237 e. The molecule has 1 heterocycles. The Morgan fingerprint density at radius 3 is 2.71 bits per heavy atom. The van der Waals surface area contributed by atoms with Crippen LogP contribution in [0.2, 0.25) is 0 Å². The summed E-state index contributed by atoms with van der Waals surface area (Å²) in [4.78, 5) is 10.1. The van der Waals surface area contributed by atoms with E-state index in [1.807, 2.05) is 0 Å². The predicted molar refractivity (Wildman–Crippen MR) is 21.5 cm³/mol. The lowest BCUT2D eigenvalue weighted by molar-refractivity contribution is -0.122. The topological polar surface area (TPSA) is 52.6 Å². The Morgan fingerprint density at radius 2 is 2.57 bits per heavy atom. The molecule has 0 unspecified atom stereocenters. The molecule has 4 heteroatoms. The second-order valence-corrected chi connectivity index (χ2v) is 1.42. The minimum Gasteiger partial charge on any atom is -0.340 e. The van der Waals surface area contributed by atoms with E-state index in [-0.39, 0.29) is 19.1 Å². The molecule has 0 aromatic carbocycles. The van der Waals surface area contributed by atoms with Crippen LogP contribution in [0.15, 0.2) is 0 Å². The Balaban J connectivity index is 2.40. The SMILES string of the molecule is O=C1CN(O)CN1. The normalized spacial score (nSPS) is 22.7. The maximum absolute atomic E-state index is 10.1. The van der Waals surface area contributed by atoms with E-state index in [9.17, 15) is 4.79 Å². The Morgan fingerprint density at radius 1 is 1.86 bits per heavy atom. The predicted octanol–water partition coefficient (Wildman–Crippen LogP) is -1.24. The average molecular weight is 102 g/mol.